The van der Waals surface area contributed by atoms with Crippen LogP contribution in [-0.2, 0) is 0 Å². The Morgan fingerprint density at radius 2 is 2.15 bits per heavy atom. The zero-order valence-electron chi connectivity index (χ0n) is 7.51. The predicted octanol–water partition coefficient (Wildman–Crippen LogP) is 3.53. The van der Waals surface area contributed by atoms with E-state index in [0.717, 1.165) is 16.0 Å². The van der Waals surface area contributed by atoms with Crippen molar-refractivity contribution in [3.05, 3.63) is 33.8 Å². The molecule has 0 atom stereocenters. The second-order valence-corrected chi connectivity index (χ2v) is 4.42. The maximum absolute atomic E-state index is 11.1. The molecule has 1 saturated carbocycles. The molecule has 0 spiro atoms. The molecule has 2 heteroatoms. The van der Waals surface area contributed by atoms with Gasteiger partial charge in [-0.3, -0.25) is 4.79 Å². The lowest BCUT2D eigenvalue weighted by Gasteiger charge is -2.03. The number of carbonyl (C=O) groups is 1. The summed E-state index contributed by atoms with van der Waals surface area (Å²) in [5.41, 5.74) is 2.14. The fraction of sp³-hybridized carbons (Fsp3) is 0.364. The molecule has 0 unspecified atom stereocenters. The lowest BCUT2D eigenvalue weighted by atomic mass is 10.1. The van der Waals surface area contributed by atoms with E-state index in [9.17, 15) is 4.79 Å². The minimum absolute atomic E-state index is 0.128. The normalized spacial score (nSPS) is 15.8. The Hall–Kier alpha value is -0.630. The van der Waals surface area contributed by atoms with Crippen molar-refractivity contribution in [3.63, 3.8) is 0 Å². The van der Waals surface area contributed by atoms with Crippen LogP contribution in [0.1, 0.15) is 41.6 Å². The quantitative estimate of drug-likeness (QED) is 0.721. The molecule has 1 nitrogen and oxygen atoms in total. The summed E-state index contributed by atoms with van der Waals surface area (Å²) in [6.45, 7) is 1.60. The van der Waals surface area contributed by atoms with E-state index in [1.807, 2.05) is 12.1 Å². The minimum atomic E-state index is 0.128. The molecule has 13 heavy (non-hydrogen) atoms. The van der Waals surface area contributed by atoms with Crippen LogP contribution in [0.3, 0.4) is 0 Å². The monoisotopic (exact) mass is 238 g/mol. The molecule has 1 aromatic rings. The molecule has 0 saturated heterocycles. The molecule has 1 aliphatic carbocycles. The summed E-state index contributed by atoms with van der Waals surface area (Å²) in [6.07, 6.45) is 2.58. The second-order valence-electron chi connectivity index (χ2n) is 3.57. The third-order valence-corrected chi connectivity index (χ3v) is 3.11. The number of Topliss-reactive ketones (excluding diaryl/α,β-unsaturated/α-hetero) is 1. The molecule has 1 aliphatic rings. The first-order chi connectivity index (χ1) is 6.18. The van der Waals surface area contributed by atoms with Gasteiger partial charge in [0, 0.05) is 10.0 Å². The minimum Gasteiger partial charge on any atom is -0.295 e. The number of hydrogen-bond donors (Lipinski definition) is 0. The van der Waals surface area contributed by atoms with Crippen LogP contribution < -0.4 is 0 Å². The van der Waals surface area contributed by atoms with Gasteiger partial charge in [0.05, 0.1) is 0 Å². The summed E-state index contributed by atoms with van der Waals surface area (Å²) in [5.74, 6) is 0.860. The van der Waals surface area contributed by atoms with Gasteiger partial charge in [0.1, 0.15) is 0 Å². The van der Waals surface area contributed by atoms with Gasteiger partial charge in [0.25, 0.3) is 0 Å². The fourth-order valence-electron chi connectivity index (χ4n) is 1.47. The molecule has 2 rings (SSSR count). The standard InChI is InChI=1S/C11H11BrO/c1-7(13)9-4-5-10(8-2-3-8)11(12)6-9/h4-6,8H,2-3H2,1H3. The Labute approximate surface area is 86.3 Å². The maximum atomic E-state index is 11.1. The van der Waals surface area contributed by atoms with E-state index < -0.39 is 0 Å². The highest BCUT2D eigenvalue weighted by Crippen LogP contribution is 2.43. The number of halogens is 1. The largest absolute Gasteiger partial charge is 0.295 e. The molecular formula is C11H11BrO. The zero-order valence-corrected chi connectivity index (χ0v) is 9.10. The summed E-state index contributed by atoms with van der Waals surface area (Å²) in [7, 11) is 0. The van der Waals surface area contributed by atoms with Crippen molar-refractivity contribution in [1.29, 1.82) is 0 Å². The molecule has 0 aromatic heterocycles. The highest BCUT2D eigenvalue weighted by molar-refractivity contribution is 9.10. The number of ketones is 1. The van der Waals surface area contributed by atoms with Crippen LogP contribution in [0.2, 0.25) is 0 Å². The van der Waals surface area contributed by atoms with Gasteiger partial charge in [-0.05, 0) is 37.3 Å². The van der Waals surface area contributed by atoms with Gasteiger partial charge in [0.15, 0.2) is 5.78 Å². The van der Waals surface area contributed by atoms with Crippen LogP contribution >= 0.6 is 15.9 Å². The van der Waals surface area contributed by atoms with Gasteiger partial charge in [-0.2, -0.15) is 0 Å². The first kappa shape index (κ1) is 8.95. The highest BCUT2D eigenvalue weighted by atomic mass is 79.9. The smallest absolute Gasteiger partial charge is 0.159 e. The van der Waals surface area contributed by atoms with Crippen LogP contribution in [0.25, 0.3) is 0 Å². The van der Waals surface area contributed by atoms with Crippen molar-refractivity contribution >= 4 is 21.7 Å². The van der Waals surface area contributed by atoms with E-state index in [0.29, 0.717) is 0 Å². The number of rotatable bonds is 2. The van der Waals surface area contributed by atoms with Crippen LogP contribution in [0.15, 0.2) is 22.7 Å². The molecule has 0 N–H and O–H groups in total. The van der Waals surface area contributed by atoms with Crippen LogP contribution in [0, 0.1) is 0 Å². The Kier molecular flexibility index (Phi) is 2.24. The van der Waals surface area contributed by atoms with Crippen molar-refractivity contribution in [2.24, 2.45) is 0 Å². The summed E-state index contributed by atoms with van der Waals surface area (Å²) in [5, 5.41) is 0. The highest BCUT2D eigenvalue weighted by Gasteiger charge is 2.25. The Balaban J connectivity index is 2.36. The molecule has 1 fully saturated rings. The Morgan fingerprint density at radius 3 is 2.62 bits per heavy atom. The van der Waals surface area contributed by atoms with Crippen molar-refractivity contribution < 1.29 is 4.79 Å². The summed E-state index contributed by atoms with van der Waals surface area (Å²) < 4.78 is 1.09. The SMILES string of the molecule is CC(=O)c1ccc(C2CC2)c(Br)c1. The molecular weight excluding hydrogens is 228 g/mol. The number of carbonyl (C=O) groups excluding carboxylic acids is 1. The molecule has 0 heterocycles. The lowest BCUT2D eigenvalue weighted by molar-refractivity contribution is 0.101. The maximum Gasteiger partial charge on any atom is 0.159 e. The molecule has 0 radical (unpaired) electrons. The van der Waals surface area contributed by atoms with E-state index in [4.69, 9.17) is 0 Å². The molecule has 0 aliphatic heterocycles. The Morgan fingerprint density at radius 1 is 1.46 bits per heavy atom. The van der Waals surface area contributed by atoms with E-state index in [2.05, 4.69) is 22.0 Å². The van der Waals surface area contributed by atoms with Crippen LogP contribution in [0.4, 0.5) is 0 Å². The van der Waals surface area contributed by atoms with Crippen molar-refractivity contribution in [2.45, 2.75) is 25.7 Å². The van der Waals surface area contributed by atoms with Gasteiger partial charge in [0.2, 0.25) is 0 Å². The first-order valence-electron chi connectivity index (χ1n) is 4.49. The van der Waals surface area contributed by atoms with Gasteiger partial charge < -0.3 is 0 Å². The van der Waals surface area contributed by atoms with Crippen molar-refractivity contribution in [1.82, 2.24) is 0 Å². The van der Waals surface area contributed by atoms with Crippen LogP contribution in [0.5, 0.6) is 0 Å². The van der Waals surface area contributed by atoms with E-state index >= 15 is 0 Å². The first-order valence-corrected chi connectivity index (χ1v) is 5.28. The fourth-order valence-corrected chi connectivity index (χ4v) is 2.17. The lowest BCUT2D eigenvalue weighted by Crippen LogP contribution is -1.93. The van der Waals surface area contributed by atoms with Crippen LogP contribution in [-0.4, -0.2) is 5.78 Å². The number of benzene rings is 1. The average Bonchev–Trinajstić information content (AvgIpc) is 2.87. The van der Waals surface area contributed by atoms with Gasteiger partial charge in [-0.15, -0.1) is 0 Å². The third kappa shape index (κ3) is 1.83. The summed E-state index contributed by atoms with van der Waals surface area (Å²) in [6, 6.07) is 5.91. The number of hydrogen-bond acceptors (Lipinski definition) is 1. The van der Waals surface area contributed by atoms with E-state index in [1.165, 1.54) is 18.4 Å². The molecule has 68 valence electrons. The average molecular weight is 239 g/mol. The summed E-state index contributed by atoms with van der Waals surface area (Å²) in [4.78, 5) is 11.1. The zero-order chi connectivity index (χ0) is 9.42. The van der Waals surface area contributed by atoms with E-state index in [1.54, 1.807) is 6.92 Å². The second kappa shape index (κ2) is 3.26. The van der Waals surface area contributed by atoms with Crippen molar-refractivity contribution in [2.75, 3.05) is 0 Å². The predicted molar refractivity (Wildman–Crippen MR) is 56.1 cm³/mol. The molecule has 0 amide bonds. The summed E-state index contributed by atoms with van der Waals surface area (Å²) >= 11 is 3.50. The topological polar surface area (TPSA) is 17.1 Å². The molecule has 1 aromatic carbocycles. The van der Waals surface area contributed by atoms with Gasteiger partial charge in [-0.25, -0.2) is 0 Å². The Bertz CT molecular complexity index is 353. The van der Waals surface area contributed by atoms with E-state index in [-0.39, 0.29) is 5.78 Å². The third-order valence-electron chi connectivity index (χ3n) is 2.42. The van der Waals surface area contributed by atoms with Gasteiger partial charge in [-0.1, -0.05) is 28.1 Å². The van der Waals surface area contributed by atoms with Crippen molar-refractivity contribution in [3.8, 4) is 0 Å². The van der Waals surface area contributed by atoms with Gasteiger partial charge >= 0.3 is 0 Å². The molecule has 0 bridgehead atoms.